The highest BCUT2D eigenvalue weighted by atomic mass is 19.1. The van der Waals surface area contributed by atoms with Crippen LogP contribution in [0.2, 0.25) is 0 Å². The predicted octanol–water partition coefficient (Wildman–Crippen LogP) is 4.65. The number of carbonyl (C=O) groups is 1. The van der Waals surface area contributed by atoms with Crippen molar-refractivity contribution >= 4 is 16.8 Å². The monoisotopic (exact) mass is 422 g/mol. The van der Waals surface area contributed by atoms with Crippen molar-refractivity contribution in [3.8, 4) is 6.01 Å². The molecule has 2 heterocycles. The zero-order valence-electron chi connectivity index (χ0n) is 17.8. The van der Waals surface area contributed by atoms with E-state index in [1.165, 1.54) is 31.1 Å². The van der Waals surface area contributed by atoms with Crippen LogP contribution in [-0.2, 0) is 0 Å². The summed E-state index contributed by atoms with van der Waals surface area (Å²) in [6.45, 7) is 2.10. The van der Waals surface area contributed by atoms with E-state index >= 15 is 0 Å². The average Bonchev–Trinajstić information content (AvgIpc) is 2.82. The lowest BCUT2D eigenvalue weighted by atomic mass is 9.75. The van der Waals surface area contributed by atoms with Crippen LogP contribution in [0.3, 0.4) is 0 Å². The molecule has 1 aliphatic rings. The molecule has 7 heteroatoms. The Balaban J connectivity index is 1.41. The van der Waals surface area contributed by atoms with Gasteiger partial charge >= 0.3 is 6.01 Å². The molecule has 6 nitrogen and oxygen atoms in total. The highest BCUT2D eigenvalue weighted by Gasteiger charge is 2.29. The summed E-state index contributed by atoms with van der Waals surface area (Å²) in [5.41, 5.74) is 2.05. The number of aromatic nitrogens is 3. The number of hydrogen-bond acceptors (Lipinski definition) is 5. The van der Waals surface area contributed by atoms with Crippen LogP contribution in [0.4, 0.5) is 4.39 Å². The number of amides is 1. The highest BCUT2D eigenvalue weighted by Crippen LogP contribution is 2.40. The number of rotatable bonds is 6. The number of halogens is 1. The molecule has 1 amide bonds. The second-order valence-electron chi connectivity index (χ2n) is 8.09. The molecule has 3 aromatic rings. The molecule has 0 saturated heterocycles. The third-order valence-electron chi connectivity index (χ3n) is 6.37. The zero-order chi connectivity index (χ0) is 21.8. The van der Waals surface area contributed by atoms with Crippen molar-refractivity contribution in [1.29, 1.82) is 0 Å². The molecule has 1 fully saturated rings. The normalized spacial score (nSPS) is 19.7. The van der Waals surface area contributed by atoms with Crippen molar-refractivity contribution in [3.05, 3.63) is 59.8 Å². The number of ether oxygens (including phenoxy) is 1. The van der Waals surface area contributed by atoms with Gasteiger partial charge in [0.2, 0.25) is 0 Å². The fourth-order valence-electron chi connectivity index (χ4n) is 4.69. The van der Waals surface area contributed by atoms with Gasteiger partial charge in [-0.25, -0.2) is 14.4 Å². The molecule has 162 valence electrons. The maximum Gasteiger partial charge on any atom is 0.316 e. The van der Waals surface area contributed by atoms with Gasteiger partial charge < -0.3 is 10.1 Å². The van der Waals surface area contributed by atoms with Crippen LogP contribution in [0.5, 0.6) is 6.01 Å². The van der Waals surface area contributed by atoms with Gasteiger partial charge in [0.05, 0.1) is 12.7 Å². The van der Waals surface area contributed by atoms with Crippen LogP contribution in [0, 0.1) is 11.7 Å². The second-order valence-corrected chi connectivity index (χ2v) is 8.09. The Morgan fingerprint density at radius 1 is 1.16 bits per heavy atom. The van der Waals surface area contributed by atoms with Crippen LogP contribution in [0.25, 0.3) is 10.9 Å². The van der Waals surface area contributed by atoms with Crippen molar-refractivity contribution in [1.82, 2.24) is 20.3 Å². The summed E-state index contributed by atoms with van der Waals surface area (Å²) in [6.07, 6.45) is 9.59. The van der Waals surface area contributed by atoms with E-state index in [4.69, 9.17) is 4.74 Å². The fourth-order valence-corrected chi connectivity index (χ4v) is 4.69. The summed E-state index contributed by atoms with van der Waals surface area (Å²) in [5.74, 6) is 0.359. The Morgan fingerprint density at radius 3 is 2.58 bits per heavy atom. The van der Waals surface area contributed by atoms with E-state index in [0.29, 0.717) is 22.9 Å². The molecular weight excluding hydrogens is 395 g/mol. The van der Waals surface area contributed by atoms with Crippen molar-refractivity contribution in [2.24, 2.45) is 5.92 Å². The van der Waals surface area contributed by atoms with Crippen LogP contribution < -0.4 is 10.1 Å². The Bertz CT molecular complexity index is 1050. The zero-order valence-corrected chi connectivity index (χ0v) is 17.8. The van der Waals surface area contributed by atoms with Crippen molar-refractivity contribution < 1.29 is 13.9 Å². The molecule has 1 N–H and O–H groups in total. The summed E-state index contributed by atoms with van der Waals surface area (Å²) in [7, 11) is 1.49. The topological polar surface area (TPSA) is 77.0 Å². The molecule has 4 rings (SSSR count). The molecule has 31 heavy (non-hydrogen) atoms. The van der Waals surface area contributed by atoms with Crippen LogP contribution in [0.1, 0.15) is 60.9 Å². The largest absolute Gasteiger partial charge is 0.467 e. The van der Waals surface area contributed by atoms with Crippen LogP contribution >= 0.6 is 0 Å². The minimum Gasteiger partial charge on any atom is -0.467 e. The van der Waals surface area contributed by atoms with Gasteiger partial charge in [0.25, 0.3) is 5.91 Å². The van der Waals surface area contributed by atoms with E-state index in [0.717, 1.165) is 37.5 Å². The molecule has 1 saturated carbocycles. The minimum atomic E-state index is -0.274. The molecule has 2 aromatic heterocycles. The molecule has 1 unspecified atom stereocenters. The third kappa shape index (κ3) is 4.50. The fraction of sp³-hybridized carbons (Fsp3) is 0.417. The van der Waals surface area contributed by atoms with E-state index in [1.54, 1.807) is 12.3 Å². The van der Waals surface area contributed by atoms with Crippen molar-refractivity contribution in [2.75, 3.05) is 7.11 Å². The second kappa shape index (κ2) is 9.37. The number of methoxy groups -OCH3 is 1. The predicted molar refractivity (Wildman–Crippen MR) is 117 cm³/mol. The first kappa shape index (κ1) is 21.2. The number of hydrogen-bond donors (Lipinski definition) is 1. The Morgan fingerprint density at radius 2 is 1.90 bits per heavy atom. The van der Waals surface area contributed by atoms with Gasteiger partial charge in [0.15, 0.2) is 0 Å². The average molecular weight is 423 g/mol. The van der Waals surface area contributed by atoms with Crippen LogP contribution in [-0.4, -0.2) is 34.0 Å². The quantitative estimate of drug-likeness (QED) is 0.625. The lowest BCUT2D eigenvalue weighted by molar-refractivity contribution is 0.0908. The molecule has 0 bridgehead atoms. The number of nitrogens with one attached hydrogen (secondary N) is 1. The standard InChI is InChI=1S/C24H27FN4O2/c1-3-21(29-23(30)17-13-27-24(31-2)28-14-17)16-9-7-15(8-10-16)18-11-12-26-22-19(18)5-4-6-20(22)25/h4-6,11-16,21H,3,7-10H2,1-2H3,(H,29,30). The Kier molecular flexibility index (Phi) is 6.39. The lowest BCUT2D eigenvalue weighted by Crippen LogP contribution is -2.41. The van der Waals surface area contributed by atoms with Gasteiger partial charge in [-0.3, -0.25) is 9.78 Å². The summed E-state index contributed by atoms with van der Waals surface area (Å²) in [5, 5.41) is 4.07. The summed E-state index contributed by atoms with van der Waals surface area (Å²) >= 11 is 0. The Labute approximate surface area is 181 Å². The third-order valence-corrected chi connectivity index (χ3v) is 6.37. The number of carbonyl (C=O) groups excluding carboxylic acids is 1. The molecule has 1 aromatic carbocycles. The summed E-state index contributed by atoms with van der Waals surface area (Å²) in [4.78, 5) is 24.9. The smallest absolute Gasteiger partial charge is 0.316 e. The first-order valence-electron chi connectivity index (χ1n) is 10.8. The number of pyridine rings is 1. The highest BCUT2D eigenvalue weighted by molar-refractivity contribution is 5.93. The summed E-state index contributed by atoms with van der Waals surface area (Å²) in [6, 6.07) is 7.53. The first-order valence-corrected chi connectivity index (χ1v) is 10.8. The molecule has 1 aliphatic carbocycles. The van der Waals surface area contributed by atoms with Gasteiger partial charge in [-0.05, 0) is 61.6 Å². The van der Waals surface area contributed by atoms with E-state index in [9.17, 15) is 9.18 Å². The van der Waals surface area contributed by atoms with E-state index in [-0.39, 0.29) is 23.8 Å². The molecule has 1 atom stereocenters. The van der Waals surface area contributed by atoms with Gasteiger partial charge in [-0.2, -0.15) is 0 Å². The molecule has 0 spiro atoms. The molecular formula is C24H27FN4O2. The maximum atomic E-state index is 14.1. The van der Waals surface area contributed by atoms with Gasteiger partial charge in [0.1, 0.15) is 11.3 Å². The van der Waals surface area contributed by atoms with Crippen molar-refractivity contribution in [3.63, 3.8) is 0 Å². The van der Waals surface area contributed by atoms with E-state index in [1.807, 2.05) is 12.1 Å². The van der Waals surface area contributed by atoms with Crippen LogP contribution in [0.15, 0.2) is 42.9 Å². The molecule has 0 radical (unpaired) electrons. The number of para-hydroxylation sites is 1. The maximum absolute atomic E-state index is 14.1. The number of nitrogens with zero attached hydrogens (tertiary/aromatic N) is 3. The number of fused-ring (bicyclic) bond motifs is 1. The SMILES string of the molecule is CCC(NC(=O)c1cnc(OC)nc1)C1CCC(c2ccnc3c(F)cccc23)CC1. The van der Waals surface area contributed by atoms with Gasteiger partial charge in [0, 0.05) is 30.0 Å². The van der Waals surface area contributed by atoms with Gasteiger partial charge in [-0.1, -0.05) is 19.1 Å². The molecule has 0 aliphatic heterocycles. The van der Waals surface area contributed by atoms with Crippen molar-refractivity contribution in [2.45, 2.75) is 51.0 Å². The minimum absolute atomic E-state index is 0.0992. The Hall–Kier alpha value is -3.09. The van der Waals surface area contributed by atoms with E-state index in [2.05, 4.69) is 27.2 Å². The lowest BCUT2D eigenvalue weighted by Gasteiger charge is -2.34. The summed E-state index contributed by atoms with van der Waals surface area (Å²) < 4.78 is 19.1. The number of benzene rings is 1. The van der Waals surface area contributed by atoms with Gasteiger partial charge in [-0.15, -0.1) is 0 Å². The first-order chi connectivity index (χ1) is 15.1. The van der Waals surface area contributed by atoms with E-state index < -0.39 is 0 Å².